The predicted molar refractivity (Wildman–Crippen MR) is 89.1 cm³/mol. The zero-order chi connectivity index (χ0) is 16.8. The van der Waals surface area contributed by atoms with E-state index < -0.39 is 0 Å². The molecule has 1 amide bonds. The van der Waals surface area contributed by atoms with Crippen LogP contribution in [-0.4, -0.2) is 19.1 Å². The minimum Gasteiger partial charge on any atom is -0.496 e. The molecule has 0 aliphatic heterocycles. The number of amides is 1. The van der Waals surface area contributed by atoms with Crippen molar-refractivity contribution < 1.29 is 13.9 Å². The summed E-state index contributed by atoms with van der Waals surface area (Å²) >= 11 is 0. The summed E-state index contributed by atoms with van der Waals surface area (Å²) in [5, 5.41) is 2.91. The minimum absolute atomic E-state index is 0.0836. The Morgan fingerprint density at radius 1 is 1.26 bits per heavy atom. The number of hydrogen-bond donors (Lipinski definition) is 1. The molecule has 1 unspecified atom stereocenters. The Balaban J connectivity index is 1.93. The van der Waals surface area contributed by atoms with E-state index in [2.05, 4.69) is 5.32 Å². The highest BCUT2D eigenvalue weighted by Crippen LogP contribution is 2.19. The van der Waals surface area contributed by atoms with Crippen LogP contribution in [0.15, 0.2) is 42.5 Å². The smallest absolute Gasteiger partial charge is 0.224 e. The molecule has 0 bridgehead atoms. The van der Waals surface area contributed by atoms with E-state index in [4.69, 9.17) is 4.74 Å². The average Bonchev–Trinajstić information content (AvgIpc) is 2.51. The second-order valence-electron chi connectivity index (χ2n) is 5.74. The van der Waals surface area contributed by atoms with Gasteiger partial charge in [-0.3, -0.25) is 4.79 Å². The number of benzene rings is 2. The van der Waals surface area contributed by atoms with Gasteiger partial charge in [0.05, 0.1) is 13.5 Å². The van der Waals surface area contributed by atoms with Crippen LogP contribution in [-0.2, 0) is 17.6 Å². The van der Waals surface area contributed by atoms with E-state index in [1.54, 1.807) is 25.3 Å². The van der Waals surface area contributed by atoms with Crippen LogP contribution < -0.4 is 10.1 Å². The van der Waals surface area contributed by atoms with Gasteiger partial charge < -0.3 is 10.1 Å². The van der Waals surface area contributed by atoms with E-state index in [-0.39, 0.29) is 24.2 Å². The van der Waals surface area contributed by atoms with Gasteiger partial charge in [0.15, 0.2) is 0 Å². The fraction of sp³-hybridized carbons (Fsp3) is 0.316. The van der Waals surface area contributed by atoms with Crippen LogP contribution in [0.25, 0.3) is 0 Å². The summed E-state index contributed by atoms with van der Waals surface area (Å²) in [7, 11) is 1.61. The van der Waals surface area contributed by atoms with Crippen molar-refractivity contribution in [3.63, 3.8) is 0 Å². The van der Waals surface area contributed by atoms with Crippen molar-refractivity contribution in [2.75, 3.05) is 7.11 Å². The monoisotopic (exact) mass is 315 g/mol. The summed E-state index contributed by atoms with van der Waals surface area (Å²) in [5.41, 5.74) is 2.53. The van der Waals surface area contributed by atoms with E-state index in [1.165, 1.54) is 6.07 Å². The van der Waals surface area contributed by atoms with Crippen LogP contribution >= 0.6 is 0 Å². The molecular weight excluding hydrogens is 293 g/mol. The molecule has 0 saturated carbocycles. The highest BCUT2D eigenvalue weighted by Gasteiger charge is 2.12. The molecule has 2 aromatic rings. The maximum Gasteiger partial charge on any atom is 0.224 e. The van der Waals surface area contributed by atoms with Crippen molar-refractivity contribution >= 4 is 5.91 Å². The van der Waals surface area contributed by atoms with Gasteiger partial charge in [0.1, 0.15) is 11.6 Å². The molecule has 0 aromatic heterocycles. The minimum atomic E-state index is -0.239. The molecule has 2 aromatic carbocycles. The standard InChI is InChI=1S/C19H22FNO2/c1-13-8-9-15(11-18(13)23-3)12-19(22)21-14(2)10-16-6-4-5-7-17(16)20/h4-9,11,14H,10,12H2,1-3H3,(H,21,22). The zero-order valence-corrected chi connectivity index (χ0v) is 13.7. The van der Waals surface area contributed by atoms with Gasteiger partial charge in [-0.05, 0) is 49.1 Å². The lowest BCUT2D eigenvalue weighted by molar-refractivity contribution is -0.121. The van der Waals surface area contributed by atoms with Gasteiger partial charge in [-0.2, -0.15) is 0 Å². The number of halogens is 1. The van der Waals surface area contributed by atoms with Crippen molar-refractivity contribution in [2.45, 2.75) is 32.7 Å². The largest absolute Gasteiger partial charge is 0.496 e. The lowest BCUT2D eigenvalue weighted by Gasteiger charge is -2.15. The first kappa shape index (κ1) is 17.0. The Bertz CT molecular complexity index is 685. The molecule has 4 heteroatoms. The van der Waals surface area contributed by atoms with Crippen molar-refractivity contribution in [3.05, 3.63) is 65.0 Å². The van der Waals surface area contributed by atoms with Gasteiger partial charge in [0, 0.05) is 6.04 Å². The van der Waals surface area contributed by atoms with E-state index in [1.807, 2.05) is 32.0 Å². The summed E-state index contributed by atoms with van der Waals surface area (Å²) in [5.74, 6) is 0.450. The summed E-state index contributed by atoms with van der Waals surface area (Å²) < 4.78 is 18.9. The van der Waals surface area contributed by atoms with Crippen molar-refractivity contribution in [3.8, 4) is 5.75 Å². The normalized spacial score (nSPS) is 11.8. The maximum atomic E-state index is 13.6. The second kappa shape index (κ2) is 7.77. The van der Waals surface area contributed by atoms with Crippen LogP contribution in [0.4, 0.5) is 4.39 Å². The molecule has 1 N–H and O–H groups in total. The van der Waals surface area contributed by atoms with Crippen molar-refractivity contribution in [2.24, 2.45) is 0 Å². The lowest BCUT2D eigenvalue weighted by Crippen LogP contribution is -2.35. The molecule has 0 aliphatic rings. The topological polar surface area (TPSA) is 38.3 Å². The van der Waals surface area contributed by atoms with Gasteiger partial charge in [-0.15, -0.1) is 0 Å². The molecule has 1 atom stereocenters. The van der Waals surface area contributed by atoms with E-state index in [0.29, 0.717) is 12.0 Å². The molecule has 0 radical (unpaired) electrons. The number of carbonyl (C=O) groups excluding carboxylic acids is 1. The van der Waals surface area contributed by atoms with Gasteiger partial charge in [0.2, 0.25) is 5.91 Å². The predicted octanol–water partition coefficient (Wildman–Crippen LogP) is 3.43. The third kappa shape index (κ3) is 4.81. The number of ether oxygens (including phenoxy) is 1. The molecular formula is C19H22FNO2. The van der Waals surface area contributed by atoms with Crippen LogP contribution in [0.1, 0.15) is 23.6 Å². The first-order valence-corrected chi connectivity index (χ1v) is 7.66. The fourth-order valence-corrected chi connectivity index (χ4v) is 2.53. The van der Waals surface area contributed by atoms with Crippen LogP contribution in [0.2, 0.25) is 0 Å². The third-order valence-electron chi connectivity index (χ3n) is 3.73. The number of methoxy groups -OCH3 is 1. The Kier molecular flexibility index (Phi) is 5.74. The van der Waals surface area contributed by atoms with E-state index in [9.17, 15) is 9.18 Å². The number of aryl methyl sites for hydroxylation is 1. The summed E-state index contributed by atoms with van der Waals surface area (Å²) in [6, 6.07) is 12.2. The average molecular weight is 315 g/mol. The fourth-order valence-electron chi connectivity index (χ4n) is 2.53. The first-order valence-electron chi connectivity index (χ1n) is 7.66. The Morgan fingerprint density at radius 3 is 2.70 bits per heavy atom. The molecule has 0 spiro atoms. The summed E-state index contributed by atoms with van der Waals surface area (Å²) in [4.78, 5) is 12.1. The van der Waals surface area contributed by atoms with Crippen molar-refractivity contribution in [1.29, 1.82) is 0 Å². The number of rotatable bonds is 6. The second-order valence-corrected chi connectivity index (χ2v) is 5.74. The SMILES string of the molecule is COc1cc(CC(=O)NC(C)Cc2ccccc2F)ccc1C. The molecule has 122 valence electrons. The molecule has 3 nitrogen and oxygen atoms in total. The Labute approximate surface area is 136 Å². The molecule has 23 heavy (non-hydrogen) atoms. The molecule has 0 fully saturated rings. The van der Waals surface area contributed by atoms with Gasteiger partial charge in [-0.1, -0.05) is 30.3 Å². The highest BCUT2D eigenvalue weighted by molar-refractivity contribution is 5.79. The quantitative estimate of drug-likeness (QED) is 0.887. The number of hydrogen-bond acceptors (Lipinski definition) is 2. The van der Waals surface area contributed by atoms with Crippen LogP contribution in [0.5, 0.6) is 5.75 Å². The van der Waals surface area contributed by atoms with E-state index >= 15 is 0 Å². The van der Waals surface area contributed by atoms with Crippen LogP contribution in [0.3, 0.4) is 0 Å². The molecule has 0 heterocycles. The van der Waals surface area contributed by atoms with Gasteiger partial charge >= 0.3 is 0 Å². The van der Waals surface area contributed by atoms with Gasteiger partial charge in [-0.25, -0.2) is 4.39 Å². The maximum absolute atomic E-state index is 13.6. The number of nitrogens with one attached hydrogen (secondary N) is 1. The molecule has 0 aliphatic carbocycles. The van der Waals surface area contributed by atoms with Crippen LogP contribution in [0, 0.1) is 12.7 Å². The van der Waals surface area contributed by atoms with Gasteiger partial charge in [0.25, 0.3) is 0 Å². The number of carbonyl (C=O) groups is 1. The third-order valence-corrected chi connectivity index (χ3v) is 3.73. The summed E-state index contributed by atoms with van der Waals surface area (Å²) in [6.07, 6.45) is 0.744. The molecule has 0 saturated heterocycles. The molecule has 2 rings (SSSR count). The van der Waals surface area contributed by atoms with E-state index in [0.717, 1.165) is 16.9 Å². The zero-order valence-electron chi connectivity index (χ0n) is 13.7. The Morgan fingerprint density at radius 2 is 2.00 bits per heavy atom. The lowest BCUT2D eigenvalue weighted by atomic mass is 10.1. The summed E-state index contributed by atoms with van der Waals surface area (Å²) in [6.45, 7) is 3.83. The van der Waals surface area contributed by atoms with Crippen molar-refractivity contribution in [1.82, 2.24) is 5.32 Å². The highest BCUT2D eigenvalue weighted by atomic mass is 19.1. The Hall–Kier alpha value is -2.36. The first-order chi connectivity index (χ1) is 11.0.